The number of benzene rings is 1. The minimum Gasteiger partial charge on any atom is -0.486 e. The molecule has 2 aromatic rings. The summed E-state index contributed by atoms with van der Waals surface area (Å²) in [5.41, 5.74) is 1.20. The number of hydrogen-bond donors (Lipinski definition) is 2. The number of rotatable bonds is 6. The molecule has 25 heavy (non-hydrogen) atoms. The maximum atomic E-state index is 5.94. The average molecular weight is 343 g/mol. The molecule has 1 aliphatic rings. The van der Waals surface area contributed by atoms with Crippen LogP contribution in [0.5, 0.6) is 11.5 Å². The second-order valence-corrected chi connectivity index (χ2v) is 5.92. The number of para-hydroxylation sites is 2. The van der Waals surface area contributed by atoms with Crippen LogP contribution in [0.15, 0.2) is 41.7 Å². The van der Waals surface area contributed by atoms with Gasteiger partial charge < -0.3 is 20.1 Å². The smallest absolute Gasteiger partial charge is 0.191 e. The molecule has 0 radical (unpaired) electrons. The number of aryl methyl sites for hydroxylation is 1. The zero-order valence-corrected chi connectivity index (χ0v) is 14.7. The Morgan fingerprint density at radius 2 is 2.16 bits per heavy atom. The lowest BCUT2D eigenvalue weighted by Gasteiger charge is -2.25. The van der Waals surface area contributed by atoms with Crippen molar-refractivity contribution in [2.45, 2.75) is 19.4 Å². The third-order valence-corrected chi connectivity index (χ3v) is 3.83. The van der Waals surface area contributed by atoms with Crippen molar-refractivity contribution in [2.24, 2.45) is 12.0 Å². The summed E-state index contributed by atoms with van der Waals surface area (Å²) in [6.07, 6.45) is 4.73. The largest absolute Gasteiger partial charge is 0.486 e. The summed E-state index contributed by atoms with van der Waals surface area (Å²) >= 11 is 0. The zero-order valence-electron chi connectivity index (χ0n) is 14.7. The molecule has 1 aromatic heterocycles. The van der Waals surface area contributed by atoms with Gasteiger partial charge >= 0.3 is 0 Å². The molecule has 0 saturated heterocycles. The van der Waals surface area contributed by atoms with Crippen LogP contribution in [0.1, 0.15) is 12.5 Å². The predicted octanol–water partition coefficient (Wildman–Crippen LogP) is 1.36. The van der Waals surface area contributed by atoms with Crippen molar-refractivity contribution in [1.82, 2.24) is 20.4 Å². The van der Waals surface area contributed by atoms with Crippen molar-refractivity contribution >= 4 is 5.96 Å². The van der Waals surface area contributed by atoms with Gasteiger partial charge in [-0.3, -0.25) is 4.68 Å². The fraction of sp³-hybridized carbons (Fsp3) is 0.444. The van der Waals surface area contributed by atoms with E-state index in [1.165, 1.54) is 5.56 Å². The molecule has 0 amide bonds. The van der Waals surface area contributed by atoms with Crippen LogP contribution in [0.2, 0.25) is 0 Å². The molecule has 0 saturated carbocycles. The minimum atomic E-state index is -0.0799. The van der Waals surface area contributed by atoms with Crippen molar-refractivity contribution in [2.75, 3.05) is 26.2 Å². The summed E-state index contributed by atoms with van der Waals surface area (Å²) in [7, 11) is 1.92. The summed E-state index contributed by atoms with van der Waals surface area (Å²) in [6.45, 7) is 4.70. The van der Waals surface area contributed by atoms with Gasteiger partial charge in [-0.05, 0) is 31.0 Å². The van der Waals surface area contributed by atoms with Crippen molar-refractivity contribution in [3.63, 3.8) is 0 Å². The summed E-state index contributed by atoms with van der Waals surface area (Å²) in [5, 5.41) is 10.8. The molecule has 7 nitrogen and oxygen atoms in total. The number of nitrogens with one attached hydrogen (secondary N) is 2. The number of guanidine groups is 1. The zero-order chi connectivity index (χ0) is 17.5. The number of aliphatic imine (C=N–C) groups is 1. The Balaban J connectivity index is 1.50. The van der Waals surface area contributed by atoms with Gasteiger partial charge in [0.25, 0.3) is 0 Å². The van der Waals surface area contributed by atoms with Crippen LogP contribution in [0.3, 0.4) is 0 Å². The lowest BCUT2D eigenvalue weighted by molar-refractivity contribution is 0.0971. The van der Waals surface area contributed by atoms with E-state index in [0.717, 1.165) is 37.0 Å². The van der Waals surface area contributed by atoms with E-state index in [2.05, 4.69) is 27.6 Å². The first-order valence-corrected chi connectivity index (χ1v) is 8.63. The number of ether oxygens (including phenoxy) is 2. The van der Waals surface area contributed by atoms with E-state index in [0.29, 0.717) is 13.2 Å². The quantitative estimate of drug-likeness (QED) is 0.612. The first kappa shape index (κ1) is 17.1. The Morgan fingerprint density at radius 3 is 2.92 bits per heavy atom. The molecular weight excluding hydrogens is 318 g/mol. The third-order valence-electron chi connectivity index (χ3n) is 3.83. The number of aromatic nitrogens is 2. The monoisotopic (exact) mass is 343 g/mol. The van der Waals surface area contributed by atoms with Gasteiger partial charge in [0.15, 0.2) is 23.6 Å². The van der Waals surface area contributed by atoms with E-state index in [9.17, 15) is 0 Å². The van der Waals surface area contributed by atoms with Gasteiger partial charge in [0, 0.05) is 26.3 Å². The van der Waals surface area contributed by atoms with Crippen LogP contribution in [0.4, 0.5) is 0 Å². The first-order valence-electron chi connectivity index (χ1n) is 8.63. The second kappa shape index (κ2) is 8.41. The molecule has 0 bridgehead atoms. The summed E-state index contributed by atoms with van der Waals surface area (Å²) in [4.78, 5) is 4.62. The summed E-state index contributed by atoms with van der Waals surface area (Å²) in [6, 6.07) is 7.72. The standard InChI is InChI=1S/C18H25N5O2/c1-3-19-18(20-9-8-14-10-22-23(2)12-14)21-11-15-13-24-16-6-4-5-7-17(16)25-15/h4-7,10,12,15H,3,8-9,11,13H2,1-2H3,(H2,19,20,21). The van der Waals surface area contributed by atoms with Crippen LogP contribution in [0, 0.1) is 0 Å². The first-order chi connectivity index (χ1) is 12.2. The van der Waals surface area contributed by atoms with Crippen molar-refractivity contribution < 1.29 is 9.47 Å². The normalized spacial score (nSPS) is 16.6. The highest BCUT2D eigenvalue weighted by molar-refractivity contribution is 5.79. The molecule has 1 aliphatic heterocycles. The lowest BCUT2D eigenvalue weighted by Crippen LogP contribution is -2.40. The van der Waals surface area contributed by atoms with Crippen molar-refractivity contribution in [3.8, 4) is 11.5 Å². The van der Waals surface area contributed by atoms with Crippen LogP contribution >= 0.6 is 0 Å². The van der Waals surface area contributed by atoms with Gasteiger partial charge in [-0.1, -0.05) is 12.1 Å². The van der Waals surface area contributed by atoms with E-state index >= 15 is 0 Å². The van der Waals surface area contributed by atoms with Crippen LogP contribution in [0.25, 0.3) is 0 Å². The summed E-state index contributed by atoms with van der Waals surface area (Å²) in [5.74, 6) is 2.36. The molecule has 1 unspecified atom stereocenters. The maximum Gasteiger partial charge on any atom is 0.191 e. The third kappa shape index (κ3) is 4.89. The van der Waals surface area contributed by atoms with Gasteiger partial charge in [-0.15, -0.1) is 0 Å². The molecule has 0 aliphatic carbocycles. The Morgan fingerprint density at radius 1 is 1.32 bits per heavy atom. The van der Waals surface area contributed by atoms with Gasteiger partial charge in [0.2, 0.25) is 0 Å². The second-order valence-electron chi connectivity index (χ2n) is 5.92. The fourth-order valence-corrected chi connectivity index (χ4v) is 2.61. The maximum absolute atomic E-state index is 5.94. The van der Waals surface area contributed by atoms with Crippen LogP contribution in [-0.2, 0) is 13.5 Å². The topological polar surface area (TPSA) is 72.7 Å². The Bertz CT molecular complexity index is 713. The Hall–Kier alpha value is -2.70. The summed E-state index contributed by atoms with van der Waals surface area (Å²) < 4.78 is 13.5. The number of fused-ring (bicyclic) bond motifs is 1. The van der Waals surface area contributed by atoms with E-state index in [1.54, 1.807) is 0 Å². The van der Waals surface area contributed by atoms with Crippen molar-refractivity contribution in [3.05, 3.63) is 42.2 Å². The molecule has 7 heteroatoms. The lowest BCUT2D eigenvalue weighted by atomic mass is 10.2. The van der Waals surface area contributed by atoms with Gasteiger partial charge in [0.1, 0.15) is 6.61 Å². The van der Waals surface area contributed by atoms with E-state index in [-0.39, 0.29) is 6.10 Å². The van der Waals surface area contributed by atoms with Gasteiger partial charge in [-0.2, -0.15) is 5.10 Å². The number of hydrogen-bond acceptors (Lipinski definition) is 4. The average Bonchev–Trinajstić information content (AvgIpc) is 3.04. The van der Waals surface area contributed by atoms with E-state index < -0.39 is 0 Å². The highest BCUT2D eigenvalue weighted by Gasteiger charge is 2.20. The molecule has 0 fully saturated rings. The molecular formula is C18H25N5O2. The molecule has 2 heterocycles. The van der Waals surface area contributed by atoms with Crippen molar-refractivity contribution in [1.29, 1.82) is 0 Å². The molecule has 1 atom stereocenters. The Labute approximate surface area is 148 Å². The fourth-order valence-electron chi connectivity index (χ4n) is 2.61. The molecule has 0 spiro atoms. The Kier molecular flexibility index (Phi) is 5.77. The molecule has 3 rings (SSSR count). The number of nitrogens with zero attached hydrogens (tertiary/aromatic N) is 3. The highest BCUT2D eigenvalue weighted by Crippen LogP contribution is 2.30. The SMILES string of the molecule is CCNC(=NCC1COc2ccccc2O1)NCCc1cnn(C)c1. The molecule has 1 aromatic carbocycles. The predicted molar refractivity (Wildman–Crippen MR) is 97.2 cm³/mol. The van der Waals surface area contributed by atoms with E-state index in [1.807, 2.05) is 48.4 Å². The minimum absolute atomic E-state index is 0.0799. The molecule has 2 N–H and O–H groups in total. The van der Waals surface area contributed by atoms with Crippen LogP contribution in [-0.4, -0.2) is 48.1 Å². The highest BCUT2D eigenvalue weighted by atomic mass is 16.6. The van der Waals surface area contributed by atoms with Gasteiger partial charge in [-0.25, -0.2) is 4.99 Å². The van der Waals surface area contributed by atoms with Crippen LogP contribution < -0.4 is 20.1 Å². The molecule has 134 valence electrons. The van der Waals surface area contributed by atoms with Gasteiger partial charge in [0.05, 0.1) is 12.7 Å². The van der Waals surface area contributed by atoms with E-state index in [4.69, 9.17) is 9.47 Å².